The van der Waals surface area contributed by atoms with Gasteiger partial charge in [-0.3, -0.25) is 9.69 Å². The second-order valence-corrected chi connectivity index (χ2v) is 5.87. The molecular weight excluding hydrogens is 277 g/mol. The van der Waals surface area contributed by atoms with E-state index >= 15 is 0 Å². The first-order valence-electron chi connectivity index (χ1n) is 6.25. The number of thiophene rings is 1. The van der Waals surface area contributed by atoms with Crippen LogP contribution in [0.15, 0.2) is 36.4 Å². The standard InChI is InChI=1S/C15H16FNO2S/c1-10(15(18)19)17(2)9-13-6-7-14(20-13)11-4-3-5-12(16)8-11/h3-8,10H,9H2,1-2H3,(H,18,19). The maximum absolute atomic E-state index is 13.2. The molecule has 5 heteroatoms. The molecule has 1 unspecified atom stereocenters. The van der Waals surface area contributed by atoms with E-state index in [-0.39, 0.29) is 5.82 Å². The lowest BCUT2D eigenvalue weighted by Gasteiger charge is -2.19. The molecule has 1 atom stereocenters. The highest BCUT2D eigenvalue weighted by Crippen LogP contribution is 2.29. The number of hydrogen-bond donors (Lipinski definition) is 1. The van der Waals surface area contributed by atoms with Crippen LogP contribution < -0.4 is 0 Å². The highest BCUT2D eigenvalue weighted by Gasteiger charge is 2.17. The van der Waals surface area contributed by atoms with Gasteiger partial charge in [0.05, 0.1) is 0 Å². The molecule has 0 saturated heterocycles. The van der Waals surface area contributed by atoms with E-state index < -0.39 is 12.0 Å². The first-order valence-corrected chi connectivity index (χ1v) is 7.06. The normalized spacial score (nSPS) is 12.6. The maximum atomic E-state index is 13.2. The lowest BCUT2D eigenvalue weighted by molar-refractivity contribution is -0.142. The third-order valence-electron chi connectivity index (χ3n) is 3.19. The van der Waals surface area contributed by atoms with Crippen LogP contribution in [0.1, 0.15) is 11.8 Å². The van der Waals surface area contributed by atoms with E-state index in [4.69, 9.17) is 5.11 Å². The van der Waals surface area contributed by atoms with Crippen molar-refractivity contribution in [2.45, 2.75) is 19.5 Å². The molecular formula is C15H16FNO2S. The first kappa shape index (κ1) is 14.7. The van der Waals surface area contributed by atoms with Gasteiger partial charge in [0.2, 0.25) is 0 Å². The van der Waals surface area contributed by atoms with Gasteiger partial charge in [0.15, 0.2) is 0 Å². The van der Waals surface area contributed by atoms with Crippen molar-refractivity contribution in [2.24, 2.45) is 0 Å². The molecule has 0 saturated carbocycles. The van der Waals surface area contributed by atoms with Gasteiger partial charge < -0.3 is 5.11 Å². The zero-order valence-electron chi connectivity index (χ0n) is 11.3. The molecule has 3 nitrogen and oxygen atoms in total. The van der Waals surface area contributed by atoms with Crippen molar-refractivity contribution in [3.05, 3.63) is 47.1 Å². The molecule has 1 aromatic heterocycles. The number of rotatable bonds is 5. The summed E-state index contributed by atoms with van der Waals surface area (Å²) in [6.45, 7) is 2.22. The number of carboxylic acid groups (broad SMARTS) is 1. The molecule has 0 spiro atoms. The zero-order valence-corrected chi connectivity index (χ0v) is 12.2. The summed E-state index contributed by atoms with van der Waals surface area (Å²) in [5, 5.41) is 8.96. The van der Waals surface area contributed by atoms with Gasteiger partial charge in [0.1, 0.15) is 11.9 Å². The number of benzene rings is 1. The highest BCUT2D eigenvalue weighted by atomic mass is 32.1. The van der Waals surface area contributed by atoms with Crippen LogP contribution in [0.5, 0.6) is 0 Å². The number of halogens is 1. The predicted molar refractivity (Wildman–Crippen MR) is 78.3 cm³/mol. The van der Waals surface area contributed by atoms with E-state index in [0.29, 0.717) is 6.54 Å². The largest absolute Gasteiger partial charge is 0.480 e. The van der Waals surface area contributed by atoms with Crippen molar-refractivity contribution >= 4 is 17.3 Å². The highest BCUT2D eigenvalue weighted by molar-refractivity contribution is 7.15. The Kier molecular flexibility index (Phi) is 4.52. The Balaban J connectivity index is 2.11. The van der Waals surface area contributed by atoms with Crippen molar-refractivity contribution in [1.82, 2.24) is 4.90 Å². The molecule has 1 heterocycles. The molecule has 0 aliphatic rings. The number of hydrogen-bond acceptors (Lipinski definition) is 3. The van der Waals surface area contributed by atoms with Crippen LogP contribution in [-0.2, 0) is 11.3 Å². The average Bonchev–Trinajstić information content (AvgIpc) is 2.86. The molecule has 0 fully saturated rings. The average molecular weight is 293 g/mol. The molecule has 0 aliphatic carbocycles. The Bertz CT molecular complexity index is 611. The third kappa shape index (κ3) is 3.43. The van der Waals surface area contributed by atoms with Crippen LogP contribution in [-0.4, -0.2) is 29.1 Å². The van der Waals surface area contributed by atoms with E-state index in [1.807, 2.05) is 18.2 Å². The number of likely N-dealkylation sites (N-methyl/N-ethyl adjacent to an activating group) is 1. The number of aliphatic carboxylic acids is 1. The van der Waals surface area contributed by atoms with E-state index in [2.05, 4.69) is 0 Å². The van der Waals surface area contributed by atoms with Crippen molar-refractivity contribution in [3.8, 4) is 10.4 Å². The minimum atomic E-state index is -0.839. The zero-order chi connectivity index (χ0) is 14.7. The van der Waals surface area contributed by atoms with Gasteiger partial charge in [0, 0.05) is 16.3 Å². The third-order valence-corrected chi connectivity index (χ3v) is 4.31. The van der Waals surface area contributed by atoms with Crippen molar-refractivity contribution < 1.29 is 14.3 Å². The van der Waals surface area contributed by atoms with Crippen molar-refractivity contribution in [3.63, 3.8) is 0 Å². The molecule has 0 radical (unpaired) electrons. The Morgan fingerprint density at radius 2 is 2.15 bits per heavy atom. The molecule has 106 valence electrons. The second kappa shape index (κ2) is 6.15. The summed E-state index contributed by atoms with van der Waals surface area (Å²) in [7, 11) is 1.78. The fourth-order valence-electron chi connectivity index (χ4n) is 1.83. The molecule has 0 bridgehead atoms. The van der Waals surface area contributed by atoms with Crippen LogP contribution in [0.2, 0.25) is 0 Å². The molecule has 1 aromatic carbocycles. The van der Waals surface area contributed by atoms with Gasteiger partial charge in [-0.2, -0.15) is 0 Å². The Labute approximate surface area is 121 Å². The minimum Gasteiger partial charge on any atom is -0.480 e. The number of carboxylic acids is 1. The maximum Gasteiger partial charge on any atom is 0.320 e. The van der Waals surface area contributed by atoms with Crippen molar-refractivity contribution in [1.29, 1.82) is 0 Å². The summed E-state index contributed by atoms with van der Waals surface area (Å²) in [6.07, 6.45) is 0. The molecule has 2 aromatic rings. The van der Waals surface area contributed by atoms with Gasteiger partial charge in [-0.25, -0.2) is 4.39 Å². The quantitative estimate of drug-likeness (QED) is 0.918. The summed E-state index contributed by atoms with van der Waals surface area (Å²) in [5.74, 6) is -1.09. The van der Waals surface area contributed by atoms with Crippen LogP contribution in [0.3, 0.4) is 0 Å². The molecule has 1 N–H and O–H groups in total. The summed E-state index contributed by atoms with van der Waals surface area (Å²) >= 11 is 1.55. The fourth-order valence-corrected chi connectivity index (χ4v) is 2.90. The minimum absolute atomic E-state index is 0.255. The molecule has 0 amide bonds. The van der Waals surface area contributed by atoms with Gasteiger partial charge >= 0.3 is 5.97 Å². The van der Waals surface area contributed by atoms with E-state index in [0.717, 1.165) is 15.3 Å². The Morgan fingerprint density at radius 3 is 2.80 bits per heavy atom. The van der Waals surface area contributed by atoms with Gasteiger partial charge in [-0.15, -0.1) is 11.3 Å². The first-order chi connectivity index (χ1) is 9.47. The van der Waals surface area contributed by atoms with E-state index in [1.54, 1.807) is 36.3 Å². The SMILES string of the molecule is CC(C(=O)O)N(C)Cc1ccc(-c2cccc(F)c2)s1. The monoisotopic (exact) mass is 293 g/mol. The van der Waals surface area contributed by atoms with Crippen LogP contribution in [0.4, 0.5) is 4.39 Å². The smallest absolute Gasteiger partial charge is 0.320 e. The molecule has 20 heavy (non-hydrogen) atoms. The number of nitrogens with zero attached hydrogens (tertiary/aromatic N) is 1. The Morgan fingerprint density at radius 1 is 1.40 bits per heavy atom. The van der Waals surface area contributed by atoms with Gasteiger partial charge in [-0.1, -0.05) is 12.1 Å². The van der Waals surface area contributed by atoms with Crippen molar-refractivity contribution in [2.75, 3.05) is 7.05 Å². The summed E-state index contributed by atoms with van der Waals surface area (Å²) in [5.41, 5.74) is 0.843. The van der Waals surface area contributed by atoms with Crippen LogP contribution >= 0.6 is 11.3 Å². The summed E-state index contributed by atoms with van der Waals surface area (Å²) in [6, 6.07) is 9.82. The summed E-state index contributed by atoms with van der Waals surface area (Å²) in [4.78, 5) is 14.7. The molecule has 2 rings (SSSR count). The van der Waals surface area contributed by atoms with Crippen LogP contribution in [0.25, 0.3) is 10.4 Å². The topological polar surface area (TPSA) is 40.5 Å². The lowest BCUT2D eigenvalue weighted by atomic mass is 10.2. The van der Waals surface area contributed by atoms with Gasteiger partial charge in [-0.05, 0) is 43.8 Å². The Hall–Kier alpha value is -1.72. The van der Waals surface area contributed by atoms with Gasteiger partial charge in [0.25, 0.3) is 0 Å². The predicted octanol–water partition coefficient (Wildman–Crippen LogP) is 3.46. The summed E-state index contributed by atoms with van der Waals surface area (Å²) < 4.78 is 13.2. The van der Waals surface area contributed by atoms with E-state index in [9.17, 15) is 9.18 Å². The lowest BCUT2D eigenvalue weighted by Crippen LogP contribution is -2.34. The fraction of sp³-hybridized carbons (Fsp3) is 0.267. The number of carbonyl (C=O) groups is 1. The molecule has 0 aliphatic heterocycles. The van der Waals surface area contributed by atoms with Crippen LogP contribution in [0, 0.1) is 5.82 Å². The second-order valence-electron chi connectivity index (χ2n) is 4.71. The van der Waals surface area contributed by atoms with E-state index in [1.165, 1.54) is 12.1 Å².